The van der Waals surface area contributed by atoms with Crippen molar-refractivity contribution in [3.8, 4) is 11.1 Å². The molecule has 1 atom stereocenters. The summed E-state index contributed by atoms with van der Waals surface area (Å²) in [6, 6.07) is 23.9. The van der Waals surface area contributed by atoms with Crippen LogP contribution in [0.5, 0.6) is 0 Å². The Morgan fingerprint density at radius 3 is 2.63 bits per heavy atom. The number of pyridine rings is 1. The number of nitrogens with one attached hydrogen (secondary N) is 2. The first-order chi connectivity index (χ1) is 13.3. The van der Waals surface area contributed by atoms with Crippen molar-refractivity contribution in [2.45, 2.75) is 6.04 Å². The van der Waals surface area contributed by atoms with E-state index in [0.717, 1.165) is 16.5 Å². The zero-order valence-corrected chi connectivity index (χ0v) is 14.5. The molecule has 2 N–H and O–H groups in total. The van der Waals surface area contributed by atoms with E-state index in [0.29, 0.717) is 0 Å². The highest BCUT2D eigenvalue weighted by Gasteiger charge is 2.36. The van der Waals surface area contributed by atoms with E-state index in [-0.39, 0.29) is 12.1 Å². The second-order valence-corrected chi connectivity index (χ2v) is 6.61. The van der Waals surface area contributed by atoms with Gasteiger partial charge in [-0.1, -0.05) is 60.7 Å². The Morgan fingerprint density at radius 1 is 0.889 bits per heavy atom. The molecular formula is C23H17N3O. The molecule has 27 heavy (non-hydrogen) atoms. The monoisotopic (exact) mass is 351 g/mol. The predicted octanol–water partition coefficient (Wildman–Crippen LogP) is 5.13. The molecule has 4 nitrogen and oxygen atoms in total. The Bertz CT molecular complexity index is 1150. The van der Waals surface area contributed by atoms with Crippen molar-refractivity contribution in [3.63, 3.8) is 0 Å². The SMILES string of the molecule is O=C(Nc1cccc2cnccc12)NC1c2cccc(-c3ccccc3)c21. The topological polar surface area (TPSA) is 54.0 Å². The Morgan fingerprint density at radius 2 is 1.74 bits per heavy atom. The number of aromatic nitrogens is 1. The summed E-state index contributed by atoms with van der Waals surface area (Å²) in [5.74, 6) is 0. The van der Waals surface area contributed by atoms with Crippen LogP contribution in [0, 0.1) is 0 Å². The Kier molecular flexibility index (Phi) is 3.61. The third-order valence-electron chi connectivity index (χ3n) is 4.95. The Balaban J connectivity index is 1.36. The minimum Gasteiger partial charge on any atom is -0.327 e. The number of carbonyl (C=O) groups excluding carboxylic acids is 1. The van der Waals surface area contributed by atoms with Gasteiger partial charge in [0.15, 0.2) is 0 Å². The first-order valence-corrected chi connectivity index (χ1v) is 8.90. The van der Waals surface area contributed by atoms with E-state index < -0.39 is 0 Å². The second kappa shape index (κ2) is 6.25. The van der Waals surface area contributed by atoms with Crippen LogP contribution in [0.3, 0.4) is 0 Å². The van der Waals surface area contributed by atoms with Gasteiger partial charge in [-0.3, -0.25) is 4.98 Å². The van der Waals surface area contributed by atoms with Crippen molar-refractivity contribution in [2.24, 2.45) is 0 Å². The summed E-state index contributed by atoms with van der Waals surface area (Å²) in [7, 11) is 0. The lowest BCUT2D eigenvalue weighted by molar-refractivity contribution is 0.251. The van der Waals surface area contributed by atoms with Crippen LogP contribution in [0.2, 0.25) is 0 Å². The standard InChI is InChI=1S/C23H17N3O/c27-23(25-20-11-4-8-16-14-24-13-12-17(16)20)26-22-19-10-5-9-18(21(19)22)15-6-2-1-3-7-15/h1-14,22H,(H2,25,26,27). The predicted molar refractivity (Wildman–Crippen MR) is 108 cm³/mol. The van der Waals surface area contributed by atoms with E-state index in [4.69, 9.17) is 0 Å². The van der Waals surface area contributed by atoms with E-state index in [1.165, 1.54) is 22.3 Å². The molecule has 4 aromatic rings. The molecule has 4 heteroatoms. The first-order valence-electron chi connectivity index (χ1n) is 8.90. The summed E-state index contributed by atoms with van der Waals surface area (Å²) in [4.78, 5) is 16.7. The third kappa shape index (κ3) is 2.81. The lowest BCUT2D eigenvalue weighted by atomic mass is 10.1. The number of hydrogen-bond donors (Lipinski definition) is 2. The molecule has 130 valence electrons. The minimum absolute atomic E-state index is 0.0353. The first kappa shape index (κ1) is 15.6. The van der Waals surface area contributed by atoms with Gasteiger partial charge in [0.25, 0.3) is 0 Å². The quantitative estimate of drug-likeness (QED) is 0.538. The molecule has 5 rings (SSSR count). The largest absolute Gasteiger partial charge is 0.327 e. The van der Waals surface area contributed by atoms with Gasteiger partial charge in [-0.05, 0) is 34.4 Å². The Labute approximate surface area is 156 Å². The number of hydrogen-bond acceptors (Lipinski definition) is 2. The zero-order chi connectivity index (χ0) is 18.2. The van der Waals surface area contributed by atoms with Crippen LogP contribution in [0.1, 0.15) is 17.2 Å². The van der Waals surface area contributed by atoms with Gasteiger partial charge in [-0.2, -0.15) is 0 Å². The fraction of sp³-hybridized carbons (Fsp3) is 0.0435. The van der Waals surface area contributed by atoms with Gasteiger partial charge >= 0.3 is 6.03 Å². The van der Waals surface area contributed by atoms with Crippen molar-refractivity contribution in [1.29, 1.82) is 0 Å². The van der Waals surface area contributed by atoms with Crippen LogP contribution < -0.4 is 10.6 Å². The van der Waals surface area contributed by atoms with Gasteiger partial charge in [0.05, 0.1) is 11.7 Å². The van der Waals surface area contributed by atoms with Crippen LogP contribution >= 0.6 is 0 Å². The third-order valence-corrected chi connectivity index (χ3v) is 4.95. The summed E-state index contributed by atoms with van der Waals surface area (Å²) in [5, 5.41) is 8.02. The van der Waals surface area contributed by atoms with Crippen LogP contribution in [-0.4, -0.2) is 11.0 Å². The average Bonchev–Trinajstić information content (AvgIpc) is 3.41. The molecule has 1 aliphatic rings. The molecule has 0 fully saturated rings. The highest BCUT2D eigenvalue weighted by molar-refractivity contribution is 6.01. The van der Waals surface area contributed by atoms with E-state index in [1.54, 1.807) is 12.4 Å². The molecule has 1 unspecified atom stereocenters. The summed E-state index contributed by atoms with van der Waals surface area (Å²) >= 11 is 0. The van der Waals surface area contributed by atoms with E-state index in [9.17, 15) is 4.79 Å². The van der Waals surface area contributed by atoms with Crippen LogP contribution in [-0.2, 0) is 0 Å². The van der Waals surface area contributed by atoms with E-state index >= 15 is 0 Å². The summed E-state index contributed by atoms with van der Waals surface area (Å²) in [5.41, 5.74) is 5.49. The molecule has 2 amide bonds. The van der Waals surface area contributed by atoms with Crippen LogP contribution in [0.25, 0.3) is 21.9 Å². The van der Waals surface area contributed by atoms with Gasteiger partial charge < -0.3 is 10.6 Å². The molecule has 1 heterocycles. The number of amides is 2. The smallest absolute Gasteiger partial charge is 0.320 e. The molecule has 0 bridgehead atoms. The van der Waals surface area contributed by atoms with Crippen molar-refractivity contribution < 1.29 is 4.79 Å². The van der Waals surface area contributed by atoms with Crippen LogP contribution in [0.4, 0.5) is 10.5 Å². The zero-order valence-electron chi connectivity index (χ0n) is 14.5. The van der Waals surface area contributed by atoms with Crippen molar-refractivity contribution in [2.75, 3.05) is 5.32 Å². The van der Waals surface area contributed by atoms with E-state index in [2.05, 4.69) is 39.9 Å². The number of anilines is 1. The maximum atomic E-state index is 12.6. The molecule has 0 saturated carbocycles. The lowest BCUT2D eigenvalue weighted by Crippen LogP contribution is -2.27. The van der Waals surface area contributed by atoms with Crippen molar-refractivity contribution >= 4 is 22.5 Å². The fourth-order valence-electron chi connectivity index (χ4n) is 3.61. The van der Waals surface area contributed by atoms with Crippen molar-refractivity contribution in [3.05, 3.63) is 96.3 Å². The highest BCUT2D eigenvalue weighted by atomic mass is 16.2. The van der Waals surface area contributed by atoms with Gasteiger partial charge in [0, 0.05) is 23.2 Å². The number of benzene rings is 3. The summed E-state index contributed by atoms with van der Waals surface area (Å²) in [6.45, 7) is 0. The van der Waals surface area contributed by atoms with Crippen LogP contribution in [0.15, 0.2) is 85.2 Å². The van der Waals surface area contributed by atoms with E-state index in [1.807, 2.05) is 48.5 Å². The molecule has 1 aromatic heterocycles. The molecule has 0 aliphatic heterocycles. The van der Waals surface area contributed by atoms with Gasteiger partial charge in [-0.15, -0.1) is 0 Å². The number of carbonyl (C=O) groups is 1. The average molecular weight is 351 g/mol. The lowest BCUT2D eigenvalue weighted by Gasteiger charge is -2.09. The number of fused-ring (bicyclic) bond motifs is 2. The second-order valence-electron chi connectivity index (χ2n) is 6.61. The molecule has 3 aromatic carbocycles. The normalized spacial score (nSPS) is 14.4. The molecule has 0 radical (unpaired) electrons. The molecule has 1 aliphatic carbocycles. The molecule has 0 saturated heterocycles. The molecular weight excluding hydrogens is 334 g/mol. The minimum atomic E-state index is -0.209. The summed E-state index contributed by atoms with van der Waals surface area (Å²) < 4.78 is 0. The number of nitrogens with zero attached hydrogens (tertiary/aromatic N) is 1. The Hall–Kier alpha value is -3.66. The van der Waals surface area contributed by atoms with Gasteiger partial charge in [-0.25, -0.2) is 4.79 Å². The fourth-order valence-corrected chi connectivity index (χ4v) is 3.61. The molecule has 0 spiro atoms. The van der Waals surface area contributed by atoms with Gasteiger partial charge in [0.1, 0.15) is 0 Å². The van der Waals surface area contributed by atoms with Gasteiger partial charge in [0.2, 0.25) is 0 Å². The highest BCUT2D eigenvalue weighted by Crippen LogP contribution is 2.47. The number of rotatable bonds is 3. The maximum absolute atomic E-state index is 12.6. The summed E-state index contributed by atoms with van der Waals surface area (Å²) in [6.07, 6.45) is 3.52. The maximum Gasteiger partial charge on any atom is 0.320 e. The van der Waals surface area contributed by atoms with Crippen molar-refractivity contribution in [1.82, 2.24) is 10.3 Å². The number of urea groups is 1.